The summed E-state index contributed by atoms with van der Waals surface area (Å²) < 4.78 is 6.47. The SMILES string of the molecule is CCC(CC)(CC(=O)O)NC(=O)C(C)Oc1cccc(Br)c1. The minimum Gasteiger partial charge on any atom is -0.481 e. The maximum atomic E-state index is 12.3. The highest BCUT2D eigenvalue weighted by Crippen LogP contribution is 2.22. The first-order valence-corrected chi connectivity index (χ1v) is 8.07. The van der Waals surface area contributed by atoms with E-state index in [0.29, 0.717) is 18.6 Å². The van der Waals surface area contributed by atoms with Crippen LogP contribution in [-0.4, -0.2) is 28.6 Å². The van der Waals surface area contributed by atoms with E-state index in [0.717, 1.165) is 4.47 Å². The van der Waals surface area contributed by atoms with Gasteiger partial charge in [-0.1, -0.05) is 35.8 Å². The molecule has 0 bridgehead atoms. The molecule has 0 radical (unpaired) electrons. The Kier molecular flexibility index (Phi) is 6.87. The van der Waals surface area contributed by atoms with E-state index in [1.165, 1.54) is 0 Å². The molecule has 0 saturated heterocycles. The van der Waals surface area contributed by atoms with Gasteiger partial charge in [0.25, 0.3) is 5.91 Å². The lowest BCUT2D eigenvalue weighted by atomic mass is 9.88. The van der Waals surface area contributed by atoms with Gasteiger partial charge in [0.1, 0.15) is 5.75 Å². The number of benzene rings is 1. The van der Waals surface area contributed by atoms with Gasteiger partial charge in [-0.3, -0.25) is 9.59 Å². The second-order valence-corrected chi connectivity index (χ2v) is 6.18. The van der Waals surface area contributed by atoms with Crippen LogP contribution in [-0.2, 0) is 9.59 Å². The molecule has 5 nitrogen and oxygen atoms in total. The molecule has 1 atom stereocenters. The molecule has 0 aliphatic rings. The molecule has 0 saturated carbocycles. The summed E-state index contributed by atoms with van der Waals surface area (Å²) in [6, 6.07) is 7.22. The normalized spacial score (nSPS) is 12.5. The number of carbonyl (C=O) groups is 2. The van der Waals surface area contributed by atoms with Crippen molar-refractivity contribution >= 4 is 27.8 Å². The van der Waals surface area contributed by atoms with Crippen molar-refractivity contribution in [1.29, 1.82) is 0 Å². The minimum absolute atomic E-state index is 0.102. The first kappa shape index (κ1) is 18.5. The molecule has 1 rings (SSSR count). The molecule has 0 aliphatic carbocycles. The van der Waals surface area contributed by atoms with Crippen LogP contribution in [0, 0.1) is 0 Å². The maximum Gasteiger partial charge on any atom is 0.305 e. The van der Waals surface area contributed by atoms with Crippen LogP contribution in [0.2, 0.25) is 0 Å². The zero-order chi connectivity index (χ0) is 16.8. The lowest BCUT2D eigenvalue weighted by Crippen LogP contribution is -2.52. The number of ether oxygens (including phenoxy) is 1. The molecule has 122 valence electrons. The molecule has 0 aromatic heterocycles. The van der Waals surface area contributed by atoms with E-state index < -0.39 is 17.6 Å². The molecule has 0 aliphatic heterocycles. The number of carboxylic acids is 1. The number of aliphatic carboxylic acids is 1. The number of rotatable bonds is 8. The Morgan fingerprint density at radius 1 is 1.36 bits per heavy atom. The monoisotopic (exact) mass is 371 g/mol. The van der Waals surface area contributed by atoms with Crippen molar-refractivity contribution in [2.24, 2.45) is 0 Å². The molecule has 0 spiro atoms. The molecule has 22 heavy (non-hydrogen) atoms. The van der Waals surface area contributed by atoms with Gasteiger partial charge in [0.05, 0.1) is 12.0 Å². The topological polar surface area (TPSA) is 75.6 Å². The summed E-state index contributed by atoms with van der Waals surface area (Å²) in [4.78, 5) is 23.3. The fourth-order valence-electron chi connectivity index (χ4n) is 2.17. The first-order chi connectivity index (χ1) is 10.3. The van der Waals surface area contributed by atoms with Crippen molar-refractivity contribution in [2.75, 3.05) is 0 Å². The summed E-state index contributed by atoms with van der Waals surface area (Å²) in [6.45, 7) is 5.38. The summed E-state index contributed by atoms with van der Waals surface area (Å²) in [5.74, 6) is -0.664. The highest BCUT2D eigenvalue weighted by Gasteiger charge is 2.32. The van der Waals surface area contributed by atoms with Crippen LogP contribution in [0.1, 0.15) is 40.0 Å². The Bertz CT molecular complexity index is 529. The molecule has 2 N–H and O–H groups in total. The Balaban J connectivity index is 2.74. The van der Waals surface area contributed by atoms with E-state index in [1.54, 1.807) is 19.1 Å². The third kappa shape index (κ3) is 5.33. The predicted octanol–water partition coefficient (Wildman–Crippen LogP) is 3.37. The molecule has 0 fully saturated rings. The van der Waals surface area contributed by atoms with Gasteiger partial charge in [-0.15, -0.1) is 0 Å². The van der Waals surface area contributed by atoms with Gasteiger partial charge in [0.15, 0.2) is 6.10 Å². The third-order valence-corrected chi connectivity index (χ3v) is 4.20. The quantitative estimate of drug-likeness (QED) is 0.734. The minimum atomic E-state index is -0.926. The van der Waals surface area contributed by atoms with E-state index in [4.69, 9.17) is 9.84 Å². The van der Waals surface area contributed by atoms with E-state index in [9.17, 15) is 9.59 Å². The number of hydrogen-bond donors (Lipinski definition) is 2. The van der Waals surface area contributed by atoms with Crippen LogP contribution in [0.15, 0.2) is 28.7 Å². The number of amides is 1. The highest BCUT2D eigenvalue weighted by molar-refractivity contribution is 9.10. The van der Waals surface area contributed by atoms with Gasteiger partial charge in [-0.2, -0.15) is 0 Å². The summed E-state index contributed by atoms with van der Waals surface area (Å²) in [6.07, 6.45) is 0.284. The lowest BCUT2D eigenvalue weighted by molar-refractivity contribution is -0.139. The van der Waals surface area contributed by atoms with Crippen LogP contribution < -0.4 is 10.1 Å². The highest BCUT2D eigenvalue weighted by atomic mass is 79.9. The Morgan fingerprint density at radius 2 is 2.00 bits per heavy atom. The van der Waals surface area contributed by atoms with Crippen molar-refractivity contribution in [3.8, 4) is 5.75 Å². The standard InChI is InChI=1S/C16H22BrNO4/c1-4-16(5-2,10-14(19)20)18-15(21)11(3)22-13-8-6-7-12(17)9-13/h6-9,11H,4-5,10H2,1-3H3,(H,18,21)(H,19,20). The molecular formula is C16H22BrNO4. The van der Waals surface area contributed by atoms with E-state index >= 15 is 0 Å². The second kappa shape index (κ2) is 8.17. The summed E-state index contributed by atoms with van der Waals surface area (Å²) in [5.41, 5.74) is -0.738. The van der Waals surface area contributed by atoms with Gasteiger partial charge >= 0.3 is 5.97 Å². The zero-order valence-electron chi connectivity index (χ0n) is 13.1. The molecule has 6 heteroatoms. The van der Waals surface area contributed by atoms with Gasteiger partial charge in [-0.05, 0) is 38.0 Å². The Morgan fingerprint density at radius 3 is 2.50 bits per heavy atom. The molecule has 1 aromatic carbocycles. The van der Waals surface area contributed by atoms with E-state index in [-0.39, 0.29) is 12.3 Å². The Hall–Kier alpha value is -1.56. The van der Waals surface area contributed by atoms with Gasteiger partial charge < -0.3 is 15.2 Å². The number of nitrogens with one attached hydrogen (secondary N) is 1. The zero-order valence-corrected chi connectivity index (χ0v) is 14.6. The summed E-state index contributed by atoms with van der Waals surface area (Å²) >= 11 is 3.34. The second-order valence-electron chi connectivity index (χ2n) is 5.26. The summed E-state index contributed by atoms with van der Waals surface area (Å²) in [7, 11) is 0. The van der Waals surface area contributed by atoms with Crippen LogP contribution >= 0.6 is 15.9 Å². The van der Waals surface area contributed by atoms with Gasteiger partial charge in [0.2, 0.25) is 0 Å². The molecule has 1 aromatic rings. The van der Waals surface area contributed by atoms with Crippen LogP contribution in [0.25, 0.3) is 0 Å². The fourth-order valence-corrected chi connectivity index (χ4v) is 2.55. The van der Waals surface area contributed by atoms with Crippen molar-refractivity contribution in [2.45, 2.75) is 51.7 Å². The summed E-state index contributed by atoms with van der Waals surface area (Å²) in [5, 5.41) is 11.9. The van der Waals surface area contributed by atoms with Crippen molar-refractivity contribution in [1.82, 2.24) is 5.32 Å². The largest absolute Gasteiger partial charge is 0.481 e. The third-order valence-electron chi connectivity index (χ3n) is 3.71. The molecule has 1 amide bonds. The number of carbonyl (C=O) groups excluding carboxylic acids is 1. The van der Waals surface area contributed by atoms with E-state index in [1.807, 2.05) is 26.0 Å². The van der Waals surface area contributed by atoms with E-state index in [2.05, 4.69) is 21.2 Å². The van der Waals surface area contributed by atoms with Crippen molar-refractivity contribution in [3.05, 3.63) is 28.7 Å². The smallest absolute Gasteiger partial charge is 0.305 e. The molecule has 0 heterocycles. The molecular weight excluding hydrogens is 350 g/mol. The van der Waals surface area contributed by atoms with Crippen LogP contribution in [0.4, 0.5) is 0 Å². The van der Waals surface area contributed by atoms with Crippen molar-refractivity contribution in [3.63, 3.8) is 0 Å². The van der Waals surface area contributed by atoms with Gasteiger partial charge in [-0.25, -0.2) is 0 Å². The van der Waals surface area contributed by atoms with Crippen LogP contribution in [0.3, 0.4) is 0 Å². The first-order valence-electron chi connectivity index (χ1n) is 7.28. The van der Waals surface area contributed by atoms with Gasteiger partial charge in [0, 0.05) is 4.47 Å². The van der Waals surface area contributed by atoms with Crippen molar-refractivity contribution < 1.29 is 19.4 Å². The fraction of sp³-hybridized carbons (Fsp3) is 0.500. The lowest BCUT2D eigenvalue weighted by Gasteiger charge is -2.32. The maximum absolute atomic E-state index is 12.3. The predicted molar refractivity (Wildman–Crippen MR) is 87.9 cm³/mol. The number of halogens is 1. The number of carboxylic acid groups (broad SMARTS) is 1. The molecule has 1 unspecified atom stereocenters. The average Bonchev–Trinajstić information content (AvgIpc) is 2.45. The average molecular weight is 372 g/mol. The Labute approximate surface area is 139 Å². The number of hydrogen-bond acceptors (Lipinski definition) is 3. The van der Waals surface area contributed by atoms with Crippen LogP contribution in [0.5, 0.6) is 5.75 Å².